The number of fused-ring (bicyclic) bond motifs is 1. The summed E-state index contributed by atoms with van der Waals surface area (Å²) in [5, 5.41) is 20.6. The van der Waals surface area contributed by atoms with E-state index in [4.69, 9.17) is 9.47 Å². The summed E-state index contributed by atoms with van der Waals surface area (Å²) in [4.78, 5) is 23.4. The van der Waals surface area contributed by atoms with Gasteiger partial charge < -0.3 is 19.7 Å². The molecule has 0 aromatic carbocycles. The van der Waals surface area contributed by atoms with Crippen molar-refractivity contribution in [1.29, 1.82) is 0 Å². The Morgan fingerprint density at radius 2 is 2.09 bits per heavy atom. The normalized spacial score (nSPS) is 27.6. The molecule has 2 saturated carbocycles. The molecule has 178 valence electrons. The fourth-order valence-electron chi connectivity index (χ4n) is 4.75. The highest BCUT2D eigenvalue weighted by Crippen LogP contribution is 2.50. The van der Waals surface area contributed by atoms with E-state index in [1.54, 1.807) is 13.8 Å². The molecule has 0 aliphatic heterocycles. The van der Waals surface area contributed by atoms with Crippen LogP contribution in [0.1, 0.15) is 72.1 Å². The van der Waals surface area contributed by atoms with Crippen LogP contribution in [0.4, 0.5) is 0 Å². The Morgan fingerprint density at radius 1 is 1.31 bits per heavy atom. The van der Waals surface area contributed by atoms with E-state index < -0.39 is 18.2 Å². The summed E-state index contributed by atoms with van der Waals surface area (Å²) >= 11 is 0. The first-order valence-electron chi connectivity index (χ1n) is 11.8. The van der Waals surface area contributed by atoms with Gasteiger partial charge in [-0.1, -0.05) is 23.8 Å². The molecule has 0 spiro atoms. The van der Waals surface area contributed by atoms with Crippen LogP contribution in [0, 0.1) is 29.6 Å². The number of hydrogen-bond acceptors (Lipinski definition) is 6. The Balaban J connectivity index is 1.75. The predicted octanol–water partition coefficient (Wildman–Crippen LogP) is 3.71. The predicted molar refractivity (Wildman–Crippen MR) is 122 cm³/mol. The van der Waals surface area contributed by atoms with Gasteiger partial charge in [0.15, 0.2) is 6.10 Å². The SMILES string of the molecule is CC#CCCC(O)C=CC1C(O)CC2CC(=CCCCC(=O)OC(C)C(=O)OCC)CC21. The molecule has 2 aliphatic rings. The second-order valence-corrected chi connectivity index (χ2v) is 8.77. The van der Waals surface area contributed by atoms with Gasteiger partial charge in [-0.15, -0.1) is 11.8 Å². The topological polar surface area (TPSA) is 93.1 Å². The maximum Gasteiger partial charge on any atom is 0.347 e. The summed E-state index contributed by atoms with van der Waals surface area (Å²) in [5.41, 5.74) is 1.39. The molecule has 0 radical (unpaired) electrons. The van der Waals surface area contributed by atoms with E-state index in [-0.39, 0.29) is 31.0 Å². The highest BCUT2D eigenvalue weighted by Gasteiger charge is 2.44. The third-order valence-electron chi connectivity index (χ3n) is 6.35. The zero-order chi connectivity index (χ0) is 23.5. The van der Waals surface area contributed by atoms with E-state index in [2.05, 4.69) is 17.9 Å². The number of aliphatic hydroxyl groups excluding tert-OH is 2. The maximum absolute atomic E-state index is 11.9. The molecule has 2 rings (SSSR count). The zero-order valence-corrected chi connectivity index (χ0v) is 19.6. The van der Waals surface area contributed by atoms with Crippen molar-refractivity contribution < 1.29 is 29.3 Å². The lowest BCUT2D eigenvalue weighted by atomic mass is 9.90. The van der Waals surface area contributed by atoms with Crippen molar-refractivity contribution in [2.24, 2.45) is 17.8 Å². The summed E-state index contributed by atoms with van der Waals surface area (Å²) in [6, 6.07) is 0. The van der Waals surface area contributed by atoms with Gasteiger partial charge in [0.05, 0.1) is 18.8 Å². The van der Waals surface area contributed by atoms with E-state index >= 15 is 0 Å². The quantitative estimate of drug-likeness (QED) is 0.218. The summed E-state index contributed by atoms with van der Waals surface area (Å²) in [6.07, 6.45) is 10.1. The zero-order valence-electron chi connectivity index (χ0n) is 19.6. The number of aliphatic hydroxyl groups is 2. The minimum Gasteiger partial charge on any atom is -0.463 e. The third-order valence-corrected chi connectivity index (χ3v) is 6.35. The van der Waals surface area contributed by atoms with Crippen LogP contribution in [-0.4, -0.2) is 47.1 Å². The van der Waals surface area contributed by atoms with Gasteiger partial charge >= 0.3 is 11.9 Å². The smallest absolute Gasteiger partial charge is 0.347 e. The maximum atomic E-state index is 11.9. The van der Waals surface area contributed by atoms with Crippen molar-refractivity contribution in [3.8, 4) is 11.8 Å². The Bertz CT molecular complexity index is 743. The minimum atomic E-state index is -0.871. The van der Waals surface area contributed by atoms with Crippen LogP contribution in [0.15, 0.2) is 23.8 Å². The van der Waals surface area contributed by atoms with Crippen molar-refractivity contribution in [2.75, 3.05) is 6.61 Å². The summed E-state index contributed by atoms with van der Waals surface area (Å²) in [5.74, 6) is 5.85. The summed E-state index contributed by atoms with van der Waals surface area (Å²) < 4.78 is 9.94. The second kappa shape index (κ2) is 13.4. The number of unbranched alkanes of at least 4 members (excludes halogenated alkanes) is 1. The summed E-state index contributed by atoms with van der Waals surface area (Å²) in [6.45, 7) is 5.29. The Hall–Kier alpha value is -2.10. The lowest BCUT2D eigenvalue weighted by Crippen LogP contribution is -2.26. The standard InChI is InChI=1S/C26H38O6/c1-4-6-7-11-21(27)13-14-22-23-16-19(15-20(23)17-24(22)28)10-8-9-12-25(29)32-18(3)26(30)31-5-2/h10,13-14,18,20-24,27-28H,5,7-9,11-12,15-17H2,1-3H3. The lowest BCUT2D eigenvalue weighted by Gasteiger charge is -2.17. The number of allylic oxidation sites excluding steroid dienone is 2. The van der Waals surface area contributed by atoms with Crippen molar-refractivity contribution in [2.45, 2.75) is 90.4 Å². The molecule has 2 aliphatic carbocycles. The highest BCUT2D eigenvalue weighted by molar-refractivity contribution is 5.78. The van der Waals surface area contributed by atoms with Gasteiger partial charge in [-0.2, -0.15) is 0 Å². The molecule has 2 fully saturated rings. The van der Waals surface area contributed by atoms with Crippen LogP contribution in [0.5, 0.6) is 0 Å². The Labute approximate surface area is 192 Å². The molecule has 0 heterocycles. The van der Waals surface area contributed by atoms with Gasteiger partial charge in [-0.25, -0.2) is 4.79 Å². The van der Waals surface area contributed by atoms with Gasteiger partial charge in [0, 0.05) is 18.8 Å². The number of carbonyl (C=O) groups excluding carboxylic acids is 2. The number of hydrogen-bond donors (Lipinski definition) is 2. The third kappa shape index (κ3) is 8.11. The summed E-state index contributed by atoms with van der Waals surface area (Å²) in [7, 11) is 0. The molecule has 0 aromatic rings. The van der Waals surface area contributed by atoms with Crippen LogP contribution in [0.3, 0.4) is 0 Å². The number of esters is 2. The van der Waals surface area contributed by atoms with E-state index in [1.165, 1.54) is 12.5 Å². The van der Waals surface area contributed by atoms with Crippen molar-refractivity contribution >= 4 is 11.9 Å². The number of carbonyl (C=O) groups is 2. The van der Waals surface area contributed by atoms with Crippen LogP contribution < -0.4 is 0 Å². The molecule has 0 saturated heterocycles. The molecule has 0 aromatic heterocycles. The van der Waals surface area contributed by atoms with Gasteiger partial charge in [-0.05, 0) is 71.1 Å². The molecule has 6 atom stereocenters. The lowest BCUT2D eigenvalue weighted by molar-refractivity contribution is -0.166. The van der Waals surface area contributed by atoms with E-state index in [9.17, 15) is 19.8 Å². The average molecular weight is 447 g/mol. The number of rotatable bonds is 11. The number of ether oxygens (including phenoxy) is 2. The molecule has 6 unspecified atom stereocenters. The van der Waals surface area contributed by atoms with Crippen LogP contribution in [-0.2, 0) is 19.1 Å². The van der Waals surface area contributed by atoms with Gasteiger partial charge in [0.1, 0.15) is 0 Å². The molecular formula is C26H38O6. The molecule has 32 heavy (non-hydrogen) atoms. The molecule has 2 N–H and O–H groups in total. The van der Waals surface area contributed by atoms with Crippen molar-refractivity contribution in [3.05, 3.63) is 23.8 Å². The van der Waals surface area contributed by atoms with Crippen LogP contribution in [0.2, 0.25) is 0 Å². The van der Waals surface area contributed by atoms with Crippen molar-refractivity contribution in [3.63, 3.8) is 0 Å². The van der Waals surface area contributed by atoms with Crippen LogP contribution >= 0.6 is 0 Å². The first kappa shape index (κ1) is 26.2. The fraction of sp³-hybridized carbons (Fsp3) is 0.692. The Kier molecular flexibility index (Phi) is 11.0. The molecule has 0 amide bonds. The molecule has 6 nitrogen and oxygen atoms in total. The largest absolute Gasteiger partial charge is 0.463 e. The second-order valence-electron chi connectivity index (χ2n) is 8.77. The average Bonchev–Trinajstić information content (AvgIpc) is 3.26. The monoisotopic (exact) mass is 446 g/mol. The molecule has 6 heteroatoms. The fourth-order valence-corrected chi connectivity index (χ4v) is 4.75. The first-order valence-corrected chi connectivity index (χ1v) is 11.8. The van der Waals surface area contributed by atoms with Gasteiger partial charge in [0.2, 0.25) is 0 Å². The van der Waals surface area contributed by atoms with E-state index in [0.717, 1.165) is 25.7 Å². The molecule has 0 bridgehead atoms. The van der Waals surface area contributed by atoms with Crippen LogP contribution in [0.25, 0.3) is 0 Å². The van der Waals surface area contributed by atoms with Crippen molar-refractivity contribution in [1.82, 2.24) is 0 Å². The highest BCUT2D eigenvalue weighted by atomic mass is 16.6. The Morgan fingerprint density at radius 3 is 2.81 bits per heavy atom. The van der Waals surface area contributed by atoms with Gasteiger partial charge in [0.25, 0.3) is 0 Å². The van der Waals surface area contributed by atoms with Gasteiger partial charge in [-0.3, -0.25) is 4.79 Å². The van der Waals surface area contributed by atoms with E-state index in [0.29, 0.717) is 31.1 Å². The minimum absolute atomic E-state index is 0.0807. The molecular weight excluding hydrogens is 408 g/mol. The first-order chi connectivity index (χ1) is 15.3. The van der Waals surface area contributed by atoms with E-state index in [1.807, 2.05) is 12.2 Å².